The molecule has 146 valence electrons. The molecule has 2 heterocycles. The molecule has 4 nitrogen and oxygen atoms in total. The Kier molecular flexibility index (Phi) is 6.08. The number of rotatable bonds is 7. The molecule has 0 unspecified atom stereocenters. The normalized spacial score (nSPS) is 10.8. The first-order valence-electron chi connectivity index (χ1n) is 9.29. The third kappa shape index (κ3) is 5.13. The number of benzene rings is 2. The first-order chi connectivity index (χ1) is 14.2. The number of hydrogen-bond acceptors (Lipinski definition) is 4. The van der Waals surface area contributed by atoms with Crippen LogP contribution < -0.4 is 5.32 Å². The van der Waals surface area contributed by atoms with Gasteiger partial charge in [0.1, 0.15) is 11.5 Å². The molecule has 4 aromatic rings. The lowest BCUT2D eigenvalue weighted by molar-refractivity contribution is -0.116. The van der Waals surface area contributed by atoms with Crippen LogP contribution in [-0.2, 0) is 17.6 Å². The van der Waals surface area contributed by atoms with Gasteiger partial charge in [-0.15, -0.1) is 11.3 Å². The van der Waals surface area contributed by atoms with E-state index in [-0.39, 0.29) is 5.91 Å². The second-order valence-corrected chi connectivity index (χ2v) is 8.10. The Morgan fingerprint density at radius 3 is 2.66 bits per heavy atom. The van der Waals surface area contributed by atoms with Gasteiger partial charge in [0.15, 0.2) is 5.13 Å². The van der Waals surface area contributed by atoms with Gasteiger partial charge in [-0.05, 0) is 23.8 Å². The summed E-state index contributed by atoms with van der Waals surface area (Å²) in [7, 11) is 0. The number of hydrogen-bond donors (Lipinski definition) is 1. The van der Waals surface area contributed by atoms with Crippen LogP contribution in [0.15, 0.2) is 77.3 Å². The average Bonchev–Trinajstić information content (AvgIpc) is 3.38. The van der Waals surface area contributed by atoms with Gasteiger partial charge < -0.3 is 9.73 Å². The third-order valence-electron chi connectivity index (χ3n) is 4.44. The minimum absolute atomic E-state index is 0.0821. The highest BCUT2D eigenvalue weighted by Gasteiger charge is 2.11. The molecule has 0 aliphatic carbocycles. The summed E-state index contributed by atoms with van der Waals surface area (Å²) in [6.07, 6.45) is 3.35. The lowest BCUT2D eigenvalue weighted by atomic mass is 10.1. The Morgan fingerprint density at radius 1 is 1.03 bits per heavy atom. The summed E-state index contributed by atoms with van der Waals surface area (Å²) in [6.45, 7) is 0. The number of nitrogens with one attached hydrogen (secondary N) is 1. The van der Waals surface area contributed by atoms with Crippen molar-refractivity contribution in [1.82, 2.24) is 4.98 Å². The van der Waals surface area contributed by atoms with Crippen LogP contribution in [-0.4, -0.2) is 10.9 Å². The summed E-state index contributed by atoms with van der Waals surface area (Å²) in [4.78, 5) is 17.6. The van der Waals surface area contributed by atoms with E-state index in [2.05, 4.69) is 10.3 Å². The number of halogens is 1. The maximum absolute atomic E-state index is 12.3. The van der Waals surface area contributed by atoms with Crippen molar-refractivity contribution in [1.29, 1.82) is 0 Å². The number of carbonyl (C=O) groups is 1. The van der Waals surface area contributed by atoms with Gasteiger partial charge in [-0.2, -0.15) is 0 Å². The maximum atomic E-state index is 12.3. The predicted molar refractivity (Wildman–Crippen MR) is 117 cm³/mol. The molecule has 0 aliphatic rings. The number of aromatic nitrogens is 1. The molecule has 0 atom stereocenters. The monoisotopic (exact) mass is 422 g/mol. The molecule has 0 aliphatic heterocycles. The molecule has 1 N–H and O–H groups in total. The zero-order valence-corrected chi connectivity index (χ0v) is 17.2. The average molecular weight is 423 g/mol. The van der Waals surface area contributed by atoms with Crippen molar-refractivity contribution in [2.45, 2.75) is 19.3 Å². The SMILES string of the molecule is O=C(CCc1ccc(-c2ccccc2)o1)Nc1ncc(Cc2ccccc2Cl)s1. The predicted octanol–water partition coefficient (Wildman–Crippen LogP) is 6.22. The van der Waals surface area contributed by atoms with Gasteiger partial charge in [-0.3, -0.25) is 4.79 Å². The summed E-state index contributed by atoms with van der Waals surface area (Å²) in [5.41, 5.74) is 2.07. The molecular weight excluding hydrogens is 404 g/mol. The van der Waals surface area contributed by atoms with Crippen molar-refractivity contribution in [3.63, 3.8) is 0 Å². The molecule has 0 bridgehead atoms. The van der Waals surface area contributed by atoms with E-state index in [1.807, 2.05) is 66.7 Å². The van der Waals surface area contributed by atoms with E-state index < -0.39 is 0 Å². The summed E-state index contributed by atoms with van der Waals surface area (Å²) in [6, 6.07) is 21.5. The van der Waals surface area contributed by atoms with Crippen LogP contribution in [0.1, 0.15) is 22.6 Å². The molecule has 0 radical (unpaired) electrons. The molecule has 0 saturated carbocycles. The Morgan fingerprint density at radius 2 is 1.83 bits per heavy atom. The molecule has 29 heavy (non-hydrogen) atoms. The molecule has 4 rings (SSSR count). The van der Waals surface area contributed by atoms with Crippen molar-refractivity contribution in [2.75, 3.05) is 5.32 Å². The molecule has 0 spiro atoms. The summed E-state index contributed by atoms with van der Waals surface area (Å²) >= 11 is 7.67. The van der Waals surface area contributed by atoms with E-state index in [9.17, 15) is 4.79 Å². The second-order valence-electron chi connectivity index (χ2n) is 6.58. The van der Waals surface area contributed by atoms with Crippen LogP contribution >= 0.6 is 22.9 Å². The number of aryl methyl sites for hydroxylation is 1. The zero-order chi connectivity index (χ0) is 20.1. The van der Waals surface area contributed by atoms with Gasteiger partial charge in [0.05, 0.1) is 0 Å². The van der Waals surface area contributed by atoms with Crippen LogP contribution in [0.3, 0.4) is 0 Å². The van der Waals surface area contributed by atoms with Gasteiger partial charge in [0.2, 0.25) is 5.91 Å². The summed E-state index contributed by atoms with van der Waals surface area (Å²) < 4.78 is 5.85. The van der Waals surface area contributed by atoms with E-state index in [0.717, 1.165) is 32.5 Å². The second kappa shape index (κ2) is 9.07. The van der Waals surface area contributed by atoms with E-state index in [0.29, 0.717) is 24.4 Å². The number of furan rings is 1. The molecule has 0 saturated heterocycles. The summed E-state index contributed by atoms with van der Waals surface area (Å²) in [5.74, 6) is 1.52. The highest BCUT2D eigenvalue weighted by atomic mass is 35.5. The van der Waals surface area contributed by atoms with Crippen LogP contribution in [0.2, 0.25) is 5.02 Å². The van der Waals surface area contributed by atoms with E-state index in [4.69, 9.17) is 16.0 Å². The lowest BCUT2D eigenvalue weighted by Crippen LogP contribution is -2.11. The van der Waals surface area contributed by atoms with Gasteiger partial charge in [-0.1, -0.05) is 60.1 Å². The van der Waals surface area contributed by atoms with Crippen molar-refractivity contribution >= 4 is 34.0 Å². The standard InChI is InChI=1S/C23H19ClN2O2S/c24-20-9-5-4-8-17(20)14-19-15-25-23(29-19)26-22(27)13-11-18-10-12-21(28-18)16-6-2-1-3-7-16/h1-10,12,15H,11,13-14H2,(H,25,26,27). The fourth-order valence-corrected chi connectivity index (χ4v) is 4.02. The van der Waals surface area contributed by atoms with E-state index >= 15 is 0 Å². The molecular formula is C23H19ClN2O2S. The van der Waals surface area contributed by atoms with Crippen LogP contribution in [0, 0.1) is 0 Å². The topological polar surface area (TPSA) is 55.1 Å². The molecule has 2 aromatic heterocycles. The van der Waals surface area contributed by atoms with Crippen LogP contribution in [0.25, 0.3) is 11.3 Å². The van der Waals surface area contributed by atoms with Gasteiger partial charge in [0.25, 0.3) is 0 Å². The van der Waals surface area contributed by atoms with Crippen LogP contribution in [0.5, 0.6) is 0 Å². The third-order valence-corrected chi connectivity index (χ3v) is 5.72. The van der Waals surface area contributed by atoms with E-state index in [1.165, 1.54) is 11.3 Å². The Labute approximate surface area is 178 Å². The summed E-state index contributed by atoms with van der Waals surface area (Å²) in [5, 5.41) is 4.20. The number of carbonyl (C=O) groups excluding carboxylic acids is 1. The fourth-order valence-electron chi connectivity index (χ4n) is 2.96. The van der Waals surface area contributed by atoms with Crippen molar-refractivity contribution in [2.24, 2.45) is 0 Å². The molecule has 6 heteroatoms. The Hall–Kier alpha value is -2.89. The minimum atomic E-state index is -0.0821. The number of anilines is 1. The van der Waals surface area contributed by atoms with E-state index in [1.54, 1.807) is 6.20 Å². The first-order valence-corrected chi connectivity index (χ1v) is 10.5. The highest BCUT2D eigenvalue weighted by Crippen LogP contribution is 2.25. The lowest BCUT2D eigenvalue weighted by Gasteiger charge is -2.01. The number of amides is 1. The minimum Gasteiger partial charge on any atom is -0.461 e. The number of thiazole rings is 1. The smallest absolute Gasteiger partial charge is 0.226 e. The maximum Gasteiger partial charge on any atom is 0.226 e. The first kappa shape index (κ1) is 19.4. The number of nitrogens with zero attached hydrogens (tertiary/aromatic N) is 1. The fraction of sp³-hybridized carbons (Fsp3) is 0.130. The zero-order valence-electron chi connectivity index (χ0n) is 15.6. The van der Waals surface area contributed by atoms with Crippen molar-refractivity contribution in [3.05, 3.63) is 94.2 Å². The van der Waals surface area contributed by atoms with Crippen molar-refractivity contribution in [3.8, 4) is 11.3 Å². The largest absolute Gasteiger partial charge is 0.461 e. The molecule has 0 fully saturated rings. The van der Waals surface area contributed by atoms with Crippen molar-refractivity contribution < 1.29 is 9.21 Å². The Bertz CT molecular complexity index is 1100. The quantitative estimate of drug-likeness (QED) is 0.384. The van der Waals surface area contributed by atoms with Gasteiger partial charge in [0, 0.05) is 40.9 Å². The molecule has 2 aromatic carbocycles. The van der Waals surface area contributed by atoms with Gasteiger partial charge >= 0.3 is 0 Å². The Balaban J connectivity index is 1.30. The van der Waals surface area contributed by atoms with Gasteiger partial charge in [-0.25, -0.2) is 4.98 Å². The van der Waals surface area contributed by atoms with Crippen LogP contribution in [0.4, 0.5) is 5.13 Å². The molecule has 1 amide bonds. The highest BCUT2D eigenvalue weighted by molar-refractivity contribution is 7.15.